The molecule has 118 valence electrons. The Hall–Kier alpha value is -2.41. The Bertz CT molecular complexity index is 616. The fourth-order valence-electron chi connectivity index (χ4n) is 1.93. The van der Waals surface area contributed by atoms with E-state index in [-0.39, 0.29) is 0 Å². The van der Waals surface area contributed by atoms with Gasteiger partial charge in [0.25, 0.3) is 0 Å². The monoisotopic (exact) mass is 320 g/mol. The highest BCUT2D eigenvalue weighted by Crippen LogP contribution is 2.30. The largest absolute Gasteiger partial charge is 0.545 e. The molecule has 0 spiro atoms. The molecule has 0 aliphatic rings. The van der Waals surface area contributed by atoms with Crippen LogP contribution >= 0.6 is 11.3 Å². The van der Waals surface area contributed by atoms with E-state index in [4.69, 9.17) is 0 Å². The highest BCUT2D eigenvalue weighted by atomic mass is 32.1. The highest BCUT2D eigenvalue weighted by Gasteiger charge is 2.15. The molecule has 6 nitrogen and oxygen atoms in total. The van der Waals surface area contributed by atoms with Crippen molar-refractivity contribution in [3.63, 3.8) is 0 Å². The van der Waals surface area contributed by atoms with E-state index in [1.807, 2.05) is 6.20 Å². The van der Waals surface area contributed by atoms with Gasteiger partial charge in [0.1, 0.15) is 0 Å². The number of aromatic nitrogens is 2. The number of hydrogen-bond acceptors (Lipinski definition) is 6. The van der Waals surface area contributed by atoms with Crippen LogP contribution in [0.3, 0.4) is 0 Å². The molecule has 1 N–H and O–H groups in total. The molecule has 2 aromatic heterocycles. The van der Waals surface area contributed by atoms with Gasteiger partial charge in [-0.2, -0.15) is 11.3 Å². The molecule has 0 saturated carbocycles. The number of carbonyl (C=O) groups is 2. The minimum absolute atomic E-state index is 0.384. The first-order chi connectivity index (χ1) is 10.5. The molecule has 2 aromatic rings. The number of nitrogens with one attached hydrogen (secondary N) is 1. The van der Waals surface area contributed by atoms with E-state index in [9.17, 15) is 19.8 Å². The lowest BCUT2D eigenvalue weighted by molar-refractivity contribution is -0.301. The van der Waals surface area contributed by atoms with Gasteiger partial charge in [-0.25, -0.2) is 4.98 Å². The van der Waals surface area contributed by atoms with Gasteiger partial charge in [-0.05, 0) is 47.4 Å². The first kappa shape index (κ1) is 17.6. The zero-order chi connectivity index (χ0) is 16.5. The van der Waals surface area contributed by atoms with Crippen LogP contribution in [0.4, 0.5) is 0 Å². The highest BCUT2D eigenvalue weighted by molar-refractivity contribution is 7.08. The lowest BCUT2D eigenvalue weighted by Gasteiger charge is -2.12. The molecule has 0 bridgehead atoms. The number of imidazole rings is 1. The third-order valence-electron chi connectivity index (χ3n) is 2.93. The van der Waals surface area contributed by atoms with Gasteiger partial charge in [-0.15, -0.1) is 0 Å². The van der Waals surface area contributed by atoms with Crippen molar-refractivity contribution >= 4 is 23.3 Å². The lowest BCUT2D eigenvalue weighted by Crippen LogP contribution is -2.23. The van der Waals surface area contributed by atoms with Gasteiger partial charge >= 0.3 is 0 Å². The van der Waals surface area contributed by atoms with E-state index >= 15 is 0 Å². The average Bonchev–Trinajstić information content (AvgIpc) is 3.11. The molecule has 0 aromatic carbocycles. The Morgan fingerprint density at radius 2 is 1.95 bits per heavy atom. The van der Waals surface area contributed by atoms with Crippen LogP contribution in [0.2, 0.25) is 0 Å². The number of nitrogens with zero attached hydrogens (tertiary/aromatic N) is 1. The summed E-state index contributed by atoms with van der Waals surface area (Å²) in [6.07, 6.45) is 5.55. The molecule has 0 aliphatic heterocycles. The SMILES string of the molecule is CCC(c1cnc[nH]1)c1cscc1C.O=C([O-])/C=C/C(=O)[O-]. The van der Waals surface area contributed by atoms with E-state index in [2.05, 4.69) is 34.6 Å². The number of carbonyl (C=O) groups excluding carboxylic acids is 2. The Kier molecular flexibility index (Phi) is 7.04. The Morgan fingerprint density at radius 1 is 1.32 bits per heavy atom. The summed E-state index contributed by atoms with van der Waals surface area (Å²) in [5, 5.41) is 23.3. The standard InChI is InChI=1S/C11H14N2S.C4H4O4/c1-3-9(11-4-12-7-13-11)10-6-14-5-8(10)2;5-3(6)1-2-4(7)8/h4-7,9H,3H2,1-2H3,(H,12,13);1-2H,(H,5,6)(H,7,8)/p-2/b;2-1+. The first-order valence-corrected chi connectivity index (χ1v) is 7.51. The summed E-state index contributed by atoms with van der Waals surface area (Å²) in [5.74, 6) is -2.62. The van der Waals surface area contributed by atoms with E-state index in [0.29, 0.717) is 18.1 Å². The molecule has 2 heterocycles. The predicted octanol–water partition coefficient (Wildman–Crippen LogP) is 0.364. The second kappa shape index (κ2) is 8.78. The fourth-order valence-corrected chi connectivity index (χ4v) is 2.83. The molecular formula is C15H16N2O4S-2. The summed E-state index contributed by atoms with van der Waals surface area (Å²) in [6.45, 7) is 4.38. The van der Waals surface area contributed by atoms with Crippen LogP contribution in [-0.4, -0.2) is 21.9 Å². The fraction of sp³-hybridized carbons (Fsp3) is 0.267. The second-order valence-electron chi connectivity index (χ2n) is 4.45. The topological polar surface area (TPSA) is 109 Å². The zero-order valence-electron chi connectivity index (χ0n) is 12.2. The van der Waals surface area contributed by atoms with Crippen LogP contribution in [0.15, 0.2) is 35.4 Å². The van der Waals surface area contributed by atoms with Gasteiger partial charge < -0.3 is 24.8 Å². The van der Waals surface area contributed by atoms with E-state index in [1.165, 1.54) is 16.8 Å². The zero-order valence-corrected chi connectivity index (χ0v) is 13.1. The minimum atomic E-state index is -1.55. The smallest absolute Gasteiger partial charge is 0.0921 e. The number of thiophene rings is 1. The summed E-state index contributed by atoms with van der Waals surface area (Å²) in [6, 6.07) is 0. The molecule has 1 unspecified atom stereocenters. The molecule has 2 rings (SSSR count). The summed E-state index contributed by atoms with van der Waals surface area (Å²) >= 11 is 1.77. The van der Waals surface area contributed by atoms with Crippen LogP contribution in [0.25, 0.3) is 0 Å². The number of aryl methyl sites for hydroxylation is 1. The van der Waals surface area contributed by atoms with Crippen molar-refractivity contribution in [1.82, 2.24) is 9.97 Å². The van der Waals surface area contributed by atoms with Crippen molar-refractivity contribution in [1.29, 1.82) is 0 Å². The van der Waals surface area contributed by atoms with Gasteiger partial charge in [-0.1, -0.05) is 6.92 Å². The molecule has 0 aliphatic carbocycles. The van der Waals surface area contributed by atoms with Crippen molar-refractivity contribution in [3.05, 3.63) is 52.3 Å². The molecule has 0 amide bonds. The van der Waals surface area contributed by atoms with Crippen molar-refractivity contribution in [3.8, 4) is 0 Å². The van der Waals surface area contributed by atoms with Crippen LogP contribution in [0, 0.1) is 6.92 Å². The summed E-state index contributed by atoms with van der Waals surface area (Å²) < 4.78 is 0. The maximum Gasteiger partial charge on any atom is 0.0921 e. The van der Waals surface area contributed by atoms with Crippen LogP contribution in [0.5, 0.6) is 0 Å². The third kappa shape index (κ3) is 5.53. The van der Waals surface area contributed by atoms with E-state index < -0.39 is 11.9 Å². The normalized spacial score (nSPS) is 11.7. The molecule has 1 atom stereocenters. The van der Waals surface area contributed by atoms with Crippen molar-refractivity contribution in [2.45, 2.75) is 26.2 Å². The molecule has 0 fully saturated rings. The summed E-state index contributed by atoms with van der Waals surface area (Å²) in [7, 11) is 0. The van der Waals surface area contributed by atoms with Crippen LogP contribution < -0.4 is 10.2 Å². The van der Waals surface area contributed by atoms with Gasteiger partial charge in [0.2, 0.25) is 0 Å². The van der Waals surface area contributed by atoms with Gasteiger partial charge in [0, 0.05) is 17.8 Å². The van der Waals surface area contributed by atoms with Crippen molar-refractivity contribution in [2.24, 2.45) is 0 Å². The number of hydrogen-bond donors (Lipinski definition) is 1. The van der Waals surface area contributed by atoms with Crippen LogP contribution in [-0.2, 0) is 9.59 Å². The van der Waals surface area contributed by atoms with Gasteiger partial charge in [0.15, 0.2) is 0 Å². The number of H-pyrrole nitrogens is 1. The number of carboxylic acid groups (broad SMARTS) is 2. The lowest BCUT2D eigenvalue weighted by atomic mass is 9.93. The Labute approximate surface area is 132 Å². The van der Waals surface area contributed by atoms with E-state index in [0.717, 1.165) is 6.42 Å². The van der Waals surface area contributed by atoms with Crippen molar-refractivity contribution < 1.29 is 19.8 Å². The maximum absolute atomic E-state index is 9.41. The average molecular weight is 320 g/mol. The number of carboxylic acids is 2. The first-order valence-electron chi connectivity index (χ1n) is 6.56. The Morgan fingerprint density at radius 3 is 2.32 bits per heavy atom. The van der Waals surface area contributed by atoms with Gasteiger partial charge in [0.05, 0.1) is 18.3 Å². The van der Waals surface area contributed by atoms with E-state index in [1.54, 1.807) is 17.7 Å². The third-order valence-corrected chi connectivity index (χ3v) is 3.81. The van der Waals surface area contributed by atoms with Gasteiger partial charge in [-0.3, -0.25) is 0 Å². The molecule has 7 heteroatoms. The number of aliphatic carboxylic acids is 2. The minimum Gasteiger partial charge on any atom is -0.545 e. The number of aromatic amines is 1. The quantitative estimate of drug-likeness (QED) is 0.800. The summed E-state index contributed by atoms with van der Waals surface area (Å²) in [5.41, 5.74) is 4.03. The Balaban J connectivity index is 0.000000261. The maximum atomic E-state index is 9.41. The van der Waals surface area contributed by atoms with Crippen LogP contribution in [0.1, 0.15) is 36.1 Å². The molecule has 0 radical (unpaired) electrons. The molecular weight excluding hydrogens is 304 g/mol. The second-order valence-corrected chi connectivity index (χ2v) is 5.19. The summed E-state index contributed by atoms with van der Waals surface area (Å²) in [4.78, 5) is 26.1. The predicted molar refractivity (Wildman–Crippen MR) is 78.9 cm³/mol. The van der Waals surface area contributed by atoms with Crippen molar-refractivity contribution in [2.75, 3.05) is 0 Å². The number of rotatable bonds is 5. The molecule has 0 saturated heterocycles. The molecule has 22 heavy (non-hydrogen) atoms.